The van der Waals surface area contributed by atoms with Crippen LogP contribution in [-0.2, 0) is 13.6 Å². The van der Waals surface area contributed by atoms with Crippen LogP contribution in [0.2, 0.25) is 5.28 Å². The van der Waals surface area contributed by atoms with Gasteiger partial charge in [-0.1, -0.05) is 12.1 Å². The number of benzene rings is 1. The van der Waals surface area contributed by atoms with E-state index < -0.39 is 5.91 Å². The summed E-state index contributed by atoms with van der Waals surface area (Å²) in [5.74, 6) is -0.0435. The van der Waals surface area contributed by atoms with E-state index in [1.807, 2.05) is 0 Å². The Hall–Kier alpha value is -2.74. The smallest absolute Gasteiger partial charge is 0.293 e. The van der Waals surface area contributed by atoms with Crippen molar-refractivity contribution >= 4 is 28.4 Å². The normalized spacial score (nSPS) is 10.9. The van der Waals surface area contributed by atoms with Crippen molar-refractivity contribution in [2.24, 2.45) is 7.05 Å². The van der Waals surface area contributed by atoms with Gasteiger partial charge in [-0.25, -0.2) is 9.67 Å². The van der Waals surface area contributed by atoms with Crippen molar-refractivity contribution in [3.8, 4) is 0 Å². The molecule has 0 fully saturated rings. The third kappa shape index (κ3) is 2.93. The van der Waals surface area contributed by atoms with Gasteiger partial charge in [0.05, 0.1) is 17.4 Å². The van der Waals surface area contributed by atoms with E-state index in [-0.39, 0.29) is 23.2 Å². The molecule has 3 rings (SSSR count). The zero-order valence-corrected chi connectivity index (χ0v) is 13.2. The second-order valence-electron chi connectivity index (χ2n) is 5.02. The van der Waals surface area contributed by atoms with Crippen molar-refractivity contribution in [1.29, 1.82) is 0 Å². The molecule has 23 heavy (non-hydrogen) atoms. The number of nitrogens with one attached hydrogen (secondary N) is 1. The third-order valence-corrected chi connectivity index (χ3v) is 3.63. The highest BCUT2D eigenvalue weighted by molar-refractivity contribution is 6.28. The van der Waals surface area contributed by atoms with Gasteiger partial charge in [-0.3, -0.25) is 9.59 Å². The van der Waals surface area contributed by atoms with Gasteiger partial charge in [0.2, 0.25) is 11.1 Å². The van der Waals surface area contributed by atoms with Crippen LogP contribution in [0.1, 0.15) is 16.4 Å². The van der Waals surface area contributed by atoms with Gasteiger partial charge in [0.25, 0.3) is 11.5 Å². The third-order valence-electron chi connectivity index (χ3n) is 3.30. The first-order valence-corrected chi connectivity index (χ1v) is 7.13. The van der Waals surface area contributed by atoms with Crippen molar-refractivity contribution in [1.82, 2.24) is 29.6 Å². The molecular weight excluding hydrogens is 320 g/mol. The van der Waals surface area contributed by atoms with Gasteiger partial charge in [-0.15, -0.1) is 5.10 Å². The molecule has 0 aliphatic rings. The van der Waals surface area contributed by atoms with Crippen LogP contribution in [0.25, 0.3) is 10.9 Å². The second kappa shape index (κ2) is 5.81. The van der Waals surface area contributed by atoms with E-state index in [1.54, 1.807) is 38.4 Å². The van der Waals surface area contributed by atoms with E-state index in [2.05, 4.69) is 20.1 Å². The Labute approximate surface area is 135 Å². The van der Waals surface area contributed by atoms with E-state index >= 15 is 0 Å². The number of aromatic amines is 1. The number of aryl methyl sites for hydroxylation is 1. The maximum absolute atomic E-state index is 12.3. The van der Waals surface area contributed by atoms with Crippen molar-refractivity contribution in [2.75, 3.05) is 7.05 Å². The Kier molecular flexibility index (Phi) is 3.83. The molecule has 0 unspecified atom stereocenters. The molecular formula is C14H13ClN6O2. The first kappa shape index (κ1) is 15.2. The highest BCUT2D eigenvalue weighted by atomic mass is 35.5. The molecule has 0 bridgehead atoms. The van der Waals surface area contributed by atoms with Crippen molar-refractivity contribution in [2.45, 2.75) is 6.54 Å². The van der Waals surface area contributed by atoms with E-state index in [9.17, 15) is 9.59 Å². The summed E-state index contributed by atoms with van der Waals surface area (Å²) in [4.78, 5) is 36.6. The van der Waals surface area contributed by atoms with Gasteiger partial charge in [-0.2, -0.15) is 4.98 Å². The Bertz CT molecular complexity index is 928. The van der Waals surface area contributed by atoms with Crippen LogP contribution in [0.4, 0.5) is 0 Å². The Morgan fingerprint density at radius 1 is 1.35 bits per heavy atom. The molecule has 3 aromatic rings. The van der Waals surface area contributed by atoms with Crippen molar-refractivity contribution in [3.05, 3.63) is 51.6 Å². The minimum atomic E-state index is -0.414. The van der Waals surface area contributed by atoms with E-state index in [0.717, 1.165) is 0 Å². The lowest BCUT2D eigenvalue weighted by Gasteiger charge is -2.14. The lowest BCUT2D eigenvalue weighted by molar-refractivity contribution is 0.0769. The number of nitrogens with zero attached hydrogens (tertiary/aromatic N) is 5. The molecule has 2 heterocycles. The lowest BCUT2D eigenvalue weighted by atomic mass is 10.2. The number of hydrogen-bond donors (Lipinski definition) is 1. The molecule has 1 aromatic carbocycles. The molecule has 2 aromatic heterocycles. The zero-order valence-electron chi connectivity index (χ0n) is 12.4. The Morgan fingerprint density at radius 3 is 2.78 bits per heavy atom. The van der Waals surface area contributed by atoms with Crippen LogP contribution in [-0.4, -0.2) is 42.6 Å². The molecule has 0 radical (unpaired) electrons. The molecule has 118 valence electrons. The summed E-state index contributed by atoms with van der Waals surface area (Å²) in [6, 6.07) is 7.01. The molecule has 1 N–H and O–H groups in total. The number of carbonyl (C=O) groups is 1. The van der Waals surface area contributed by atoms with E-state index in [0.29, 0.717) is 16.7 Å². The first-order chi connectivity index (χ1) is 11.0. The number of halogens is 1. The number of carbonyl (C=O) groups excluding carboxylic acids is 1. The molecule has 0 aliphatic carbocycles. The minimum Gasteiger partial charge on any atom is -0.331 e. The number of amides is 1. The number of H-pyrrole nitrogens is 1. The standard InChI is InChI=1S/C14H13ClN6O2/c1-20(13(23)11-18-14(15)21(2)19-11)7-10-16-9-6-4-3-5-8(9)12(22)17-10/h3-6H,7H2,1-2H3,(H,16,17,22). The largest absolute Gasteiger partial charge is 0.331 e. The second-order valence-corrected chi connectivity index (χ2v) is 5.36. The zero-order chi connectivity index (χ0) is 16.6. The maximum Gasteiger partial charge on any atom is 0.293 e. The molecule has 0 saturated heterocycles. The fourth-order valence-corrected chi connectivity index (χ4v) is 2.25. The summed E-state index contributed by atoms with van der Waals surface area (Å²) in [5, 5.41) is 4.56. The average molecular weight is 333 g/mol. The molecule has 8 nitrogen and oxygen atoms in total. The summed E-state index contributed by atoms with van der Waals surface area (Å²) in [6.45, 7) is 0.120. The van der Waals surface area contributed by atoms with Gasteiger partial charge in [0.15, 0.2) is 0 Å². The molecule has 9 heteroatoms. The number of para-hydroxylation sites is 1. The fourth-order valence-electron chi connectivity index (χ4n) is 2.13. The van der Waals surface area contributed by atoms with Crippen LogP contribution < -0.4 is 5.56 Å². The molecule has 0 atom stereocenters. The molecule has 0 spiro atoms. The van der Waals surface area contributed by atoms with Crippen LogP contribution in [0.15, 0.2) is 29.1 Å². The van der Waals surface area contributed by atoms with Crippen LogP contribution >= 0.6 is 11.6 Å². The van der Waals surface area contributed by atoms with Crippen molar-refractivity contribution in [3.63, 3.8) is 0 Å². The van der Waals surface area contributed by atoms with Crippen LogP contribution in [0.3, 0.4) is 0 Å². The van der Waals surface area contributed by atoms with Gasteiger partial charge in [0.1, 0.15) is 5.82 Å². The van der Waals surface area contributed by atoms with Crippen molar-refractivity contribution < 1.29 is 4.79 Å². The molecule has 0 aliphatic heterocycles. The Balaban J connectivity index is 1.86. The fraction of sp³-hybridized carbons (Fsp3) is 0.214. The number of rotatable bonds is 3. The minimum absolute atomic E-state index is 0.0110. The van der Waals surface area contributed by atoms with Gasteiger partial charge >= 0.3 is 0 Å². The summed E-state index contributed by atoms with van der Waals surface area (Å²) in [5.41, 5.74) is 0.330. The molecule has 1 amide bonds. The topological polar surface area (TPSA) is 96.8 Å². The monoisotopic (exact) mass is 332 g/mol. The first-order valence-electron chi connectivity index (χ1n) is 6.75. The highest BCUT2D eigenvalue weighted by Gasteiger charge is 2.19. The average Bonchev–Trinajstić information content (AvgIpc) is 2.86. The summed E-state index contributed by atoms with van der Waals surface area (Å²) in [6.07, 6.45) is 0. The predicted molar refractivity (Wildman–Crippen MR) is 84.2 cm³/mol. The number of fused-ring (bicyclic) bond motifs is 1. The van der Waals surface area contributed by atoms with E-state index in [1.165, 1.54) is 9.58 Å². The van der Waals surface area contributed by atoms with Crippen LogP contribution in [0.5, 0.6) is 0 Å². The summed E-state index contributed by atoms with van der Waals surface area (Å²) < 4.78 is 1.30. The lowest BCUT2D eigenvalue weighted by Crippen LogP contribution is -2.29. The van der Waals surface area contributed by atoms with Gasteiger partial charge in [-0.05, 0) is 23.7 Å². The Morgan fingerprint density at radius 2 is 2.09 bits per heavy atom. The molecule has 0 saturated carbocycles. The summed E-state index contributed by atoms with van der Waals surface area (Å²) in [7, 11) is 3.16. The van der Waals surface area contributed by atoms with E-state index in [4.69, 9.17) is 11.6 Å². The maximum atomic E-state index is 12.3. The number of aromatic nitrogens is 5. The SMILES string of the molecule is CN(Cc1nc2ccccc2c(=O)[nH]1)C(=O)c1nc(Cl)n(C)n1. The highest BCUT2D eigenvalue weighted by Crippen LogP contribution is 2.09. The van der Waals surface area contributed by atoms with Crippen LogP contribution in [0, 0.1) is 0 Å². The number of hydrogen-bond acceptors (Lipinski definition) is 5. The van der Waals surface area contributed by atoms with Gasteiger partial charge < -0.3 is 9.88 Å². The predicted octanol–water partition coefficient (Wildman–Crippen LogP) is 0.977. The quantitative estimate of drug-likeness (QED) is 0.771. The summed E-state index contributed by atoms with van der Waals surface area (Å²) >= 11 is 5.78. The van der Waals surface area contributed by atoms with Gasteiger partial charge in [0, 0.05) is 14.1 Å².